The molecule has 5 nitrogen and oxygen atoms in total. The predicted molar refractivity (Wildman–Crippen MR) is 93.4 cm³/mol. The second kappa shape index (κ2) is 7.00. The normalized spacial score (nSPS) is 10.5. The Morgan fingerprint density at radius 2 is 1.75 bits per heavy atom. The lowest BCUT2D eigenvalue weighted by Crippen LogP contribution is -2.42. The molecule has 1 aromatic heterocycles. The molecule has 5 heteroatoms. The summed E-state index contributed by atoms with van der Waals surface area (Å²) in [5, 5.41) is 1.01. The third-order valence-corrected chi connectivity index (χ3v) is 3.97. The number of aryl methyl sites for hydroxylation is 1. The van der Waals surface area contributed by atoms with Crippen LogP contribution in [0.5, 0.6) is 0 Å². The van der Waals surface area contributed by atoms with Crippen molar-refractivity contribution in [3.05, 3.63) is 71.4 Å². The molecule has 0 saturated carbocycles. The zero-order valence-corrected chi connectivity index (χ0v) is 13.4. The molecule has 2 amide bonds. The zero-order chi connectivity index (χ0) is 16.9. The van der Waals surface area contributed by atoms with Gasteiger partial charge in [0.15, 0.2) is 0 Å². The molecule has 0 spiro atoms. The Morgan fingerprint density at radius 3 is 2.50 bits per heavy atom. The summed E-state index contributed by atoms with van der Waals surface area (Å²) in [6, 6.07) is 15.1. The highest BCUT2D eigenvalue weighted by molar-refractivity contribution is 5.96. The fourth-order valence-corrected chi connectivity index (χ4v) is 2.59. The molecule has 24 heavy (non-hydrogen) atoms. The van der Waals surface area contributed by atoms with Crippen LogP contribution in [0.2, 0.25) is 0 Å². The van der Waals surface area contributed by atoms with Gasteiger partial charge in [0.25, 0.3) is 5.91 Å². The standard InChI is InChI=1S/C19H19N3O2/c1-2-13-7-9-14(10-8-13)19(24)22-21-18(23)11-15-12-20-17-6-4-3-5-16(15)17/h3-10,12,20H,2,11H2,1H3,(H,21,23)(H,22,24). The van der Waals surface area contributed by atoms with Gasteiger partial charge < -0.3 is 4.98 Å². The molecule has 0 radical (unpaired) electrons. The number of aromatic nitrogens is 1. The third-order valence-electron chi connectivity index (χ3n) is 3.97. The van der Waals surface area contributed by atoms with E-state index < -0.39 is 0 Å². The van der Waals surface area contributed by atoms with Gasteiger partial charge in [-0.15, -0.1) is 0 Å². The van der Waals surface area contributed by atoms with Crippen LogP contribution in [-0.2, 0) is 17.6 Å². The molecule has 0 atom stereocenters. The number of hydrogen-bond acceptors (Lipinski definition) is 2. The van der Waals surface area contributed by atoms with E-state index >= 15 is 0 Å². The van der Waals surface area contributed by atoms with E-state index in [9.17, 15) is 9.59 Å². The number of nitrogens with one attached hydrogen (secondary N) is 3. The molecule has 3 N–H and O–H groups in total. The number of hydrazine groups is 1. The maximum atomic E-state index is 12.1. The smallest absolute Gasteiger partial charge is 0.269 e. The van der Waals surface area contributed by atoms with Gasteiger partial charge in [-0.1, -0.05) is 37.3 Å². The van der Waals surface area contributed by atoms with E-state index in [-0.39, 0.29) is 18.2 Å². The highest BCUT2D eigenvalue weighted by Crippen LogP contribution is 2.17. The molecule has 0 aliphatic carbocycles. The predicted octanol–water partition coefficient (Wildman–Crippen LogP) is 2.73. The fraction of sp³-hybridized carbons (Fsp3) is 0.158. The first-order valence-electron chi connectivity index (χ1n) is 7.90. The Morgan fingerprint density at radius 1 is 1.00 bits per heavy atom. The van der Waals surface area contributed by atoms with Gasteiger partial charge in [-0.3, -0.25) is 20.4 Å². The van der Waals surface area contributed by atoms with E-state index in [1.807, 2.05) is 42.6 Å². The Kier molecular flexibility index (Phi) is 4.61. The highest BCUT2D eigenvalue weighted by atomic mass is 16.2. The quantitative estimate of drug-likeness (QED) is 0.646. The molecule has 0 unspecified atom stereocenters. The van der Waals surface area contributed by atoms with Crippen LogP contribution in [0.4, 0.5) is 0 Å². The Balaban J connectivity index is 1.57. The van der Waals surface area contributed by atoms with Gasteiger partial charge in [0.05, 0.1) is 6.42 Å². The SMILES string of the molecule is CCc1ccc(C(=O)NNC(=O)Cc2c[nH]c3ccccc23)cc1. The van der Waals surface area contributed by atoms with Gasteiger partial charge >= 0.3 is 0 Å². The molecule has 3 rings (SSSR count). The summed E-state index contributed by atoms with van der Waals surface area (Å²) in [7, 11) is 0. The van der Waals surface area contributed by atoms with Crippen LogP contribution in [0.3, 0.4) is 0 Å². The first-order chi connectivity index (χ1) is 11.7. The summed E-state index contributed by atoms with van der Waals surface area (Å²) in [6.45, 7) is 2.06. The van der Waals surface area contributed by atoms with Gasteiger partial charge in [-0.25, -0.2) is 0 Å². The second-order valence-corrected chi connectivity index (χ2v) is 5.59. The Bertz CT molecular complexity index is 866. The topological polar surface area (TPSA) is 74.0 Å². The van der Waals surface area contributed by atoms with Crippen molar-refractivity contribution in [1.82, 2.24) is 15.8 Å². The van der Waals surface area contributed by atoms with Crippen molar-refractivity contribution in [3.63, 3.8) is 0 Å². The van der Waals surface area contributed by atoms with E-state index in [2.05, 4.69) is 22.8 Å². The minimum Gasteiger partial charge on any atom is -0.361 e. The highest BCUT2D eigenvalue weighted by Gasteiger charge is 2.10. The van der Waals surface area contributed by atoms with E-state index in [1.54, 1.807) is 12.1 Å². The number of H-pyrrole nitrogens is 1. The third kappa shape index (κ3) is 3.46. The van der Waals surface area contributed by atoms with Crippen LogP contribution < -0.4 is 10.9 Å². The summed E-state index contributed by atoms with van der Waals surface area (Å²) in [6.07, 6.45) is 2.93. The van der Waals surface area contributed by atoms with Crippen molar-refractivity contribution >= 4 is 22.7 Å². The fourth-order valence-electron chi connectivity index (χ4n) is 2.59. The lowest BCUT2D eigenvalue weighted by molar-refractivity contribution is -0.121. The molecule has 2 aromatic carbocycles. The molecule has 3 aromatic rings. The molecule has 0 aliphatic rings. The van der Waals surface area contributed by atoms with E-state index in [1.165, 1.54) is 0 Å². The Labute approximate surface area is 140 Å². The van der Waals surface area contributed by atoms with Crippen LogP contribution in [0.15, 0.2) is 54.7 Å². The summed E-state index contributed by atoms with van der Waals surface area (Å²) < 4.78 is 0. The summed E-state index contributed by atoms with van der Waals surface area (Å²) >= 11 is 0. The van der Waals surface area contributed by atoms with Crippen molar-refractivity contribution in [2.45, 2.75) is 19.8 Å². The maximum absolute atomic E-state index is 12.1. The number of fused-ring (bicyclic) bond motifs is 1. The molecular formula is C19H19N3O2. The Hall–Kier alpha value is -3.08. The van der Waals surface area contributed by atoms with Crippen LogP contribution in [0, 0.1) is 0 Å². The second-order valence-electron chi connectivity index (χ2n) is 5.59. The van der Waals surface area contributed by atoms with Crippen LogP contribution in [-0.4, -0.2) is 16.8 Å². The van der Waals surface area contributed by atoms with Gasteiger partial charge in [0.2, 0.25) is 5.91 Å². The number of rotatable bonds is 4. The lowest BCUT2D eigenvalue weighted by Gasteiger charge is -2.07. The molecule has 0 saturated heterocycles. The van der Waals surface area contributed by atoms with Gasteiger partial charge in [0.1, 0.15) is 0 Å². The minimum atomic E-state index is -0.329. The first-order valence-corrected chi connectivity index (χ1v) is 7.90. The monoisotopic (exact) mass is 321 g/mol. The van der Waals surface area contributed by atoms with E-state index in [0.29, 0.717) is 5.56 Å². The maximum Gasteiger partial charge on any atom is 0.269 e. The van der Waals surface area contributed by atoms with E-state index in [4.69, 9.17) is 0 Å². The molecule has 0 fully saturated rings. The van der Waals surface area contributed by atoms with Crippen molar-refractivity contribution in [2.24, 2.45) is 0 Å². The molecule has 0 aliphatic heterocycles. The minimum absolute atomic E-state index is 0.194. The number of amides is 2. The lowest BCUT2D eigenvalue weighted by atomic mass is 10.1. The van der Waals surface area contributed by atoms with Crippen LogP contribution in [0.1, 0.15) is 28.4 Å². The zero-order valence-electron chi connectivity index (χ0n) is 13.4. The van der Waals surface area contributed by atoms with Crippen LogP contribution >= 0.6 is 0 Å². The van der Waals surface area contributed by atoms with Crippen molar-refractivity contribution in [3.8, 4) is 0 Å². The van der Waals surface area contributed by atoms with Crippen molar-refractivity contribution < 1.29 is 9.59 Å². The summed E-state index contributed by atoms with van der Waals surface area (Å²) in [5.74, 6) is -0.594. The summed E-state index contributed by atoms with van der Waals surface area (Å²) in [5.41, 5.74) is 8.46. The van der Waals surface area contributed by atoms with Gasteiger partial charge in [-0.05, 0) is 35.7 Å². The molecular weight excluding hydrogens is 302 g/mol. The number of para-hydroxylation sites is 1. The number of hydrogen-bond donors (Lipinski definition) is 3. The van der Waals surface area contributed by atoms with Crippen molar-refractivity contribution in [2.75, 3.05) is 0 Å². The van der Waals surface area contributed by atoms with Gasteiger partial charge in [0, 0.05) is 22.7 Å². The van der Waals surface area contributed by atoms with Crippen molar-refractivity contribution in [1.29, 1.82) is 0 Å². The number of carbonyl (C=O) groups is 2. The van der Waals surface area contributed by atoms with E-state index in [0.717, 1.165) is 28.5 Å². The average Bonchev–Trinajstić information content (AvgIpc) is 3.03. The first kappa shape index (κ1) is 15.8. The molecule has 0 bridgehead atoms. The largest absolute Gasteiger partial charge is 0.361 e. The number of carbonyl (C=O) groups excluding carboxylic acids is 2. The molecule has 1 heterocycles. The number of aromatic amines is 1. The van der Waals surface area contributed by atoms with Gasteiger partial charge in [-0.2, -0.15) is 0 Å². The molecule has 122 valence electrons. The van der Waals surface area contributed by atoms with Crippen LogP contribution in [0.25, 0.3) is 10.9 Å². The average molecular weight is 321 g/mol. The number of benzene rings is 2. The summed E-state index contributed by atoms with van der Waals surface area (Å²) in [4.78, 5) is 27.2.